The summed E-state index contributed by atoms with van der Waals surface area (Å²) in [4.78, 5) is 33.3. The number of carboxylic acids is 3. The summed E-state index contributed by atoms with van der Waals surface area (Å²) in [6, 6.07) is 6.61. The number of alkyl halides is 9. The van der Waals surface area contributed by atoms with Gasteiger partial charge in [0.05, 0.1) is 6.10 Å². The zero-order valence-corrected chi connectivity index (χ0v) is 23.5. The molecule has 2 fully saturated rings. The highest BCUT2D eigenvalue weighted by Gasteiger charge is 2.44. The smallest absolute Gasteiger partial charge is 0.475 e. The molecule has 0 bridgehead atoms. The van der Waals surface area contributed by atoms with Crippen molar-refractivity contribution in [1.29, 1.82) is 0 Å². The molecule has 2 saturated heterocycles. The molecule has 3 N–H and O–H groups in total. The second kappa shape index (κ2) is 18.2. The number of rotatable bonds is 7. The van der Waals surface area contributed by atoms with Gasteiger partial charge in [-0.25, -0.2) is 14.4 Å². The third-order valence-corrected chi connectivity index (χ3v) is 5.87. The third kappa shape index (κ3) is 15.3. The third-order valence-electron chi connectivity index (χ3n) is 5.87. The average Bonchev–Trinajstić information content (AvgIpc) is 3.59. The molecule has 21 heteroatoms. The number of likely N-dealkylation sites (tertiary alicyclic amines) is 1. The van der Waals surface area contributed by atoms with Gasteiger partial charge in [-0.15, -0.1) is 0 Å². The molecule has 0 aromatic carbocycles. The van der Waals surface area contributed by atoms with Gasteiger partial charge in [-0.1, -0.05) is 0 Å². The van der Waals surface area contributed by atoms with Crippen LogP contribution in [0.4, 0.5) is 39.5 Å². The molecule has 260 valence electrons. The average molecular weight is 685 g/mol. The van der Waals surface area contributed by atoms with Gasteiger partial charge >= 0.3 is 36.4 Å². The molecule has 0 aliphatic carbocycles. The minimum Gasteiger partial charge on any atom is -0.475 e. The van der Waals surface area contributed by atoms with Gasteiger partial charge in [0, 0.05) is 63.7 Å². The van der Waals surface area contributed by atoms with Gasteiger partial charge in [0.25, 0.3) is 0 Å². The highest BCUT2D eigenvalue weighted by atomic mass is 19.4. The van der Waals surface area contributed by atoms with Crippen LogP contribution in [0.2, 0.25) is 0 Å². The van der Waals surface area contributed by atoms with Crippen LogP contribution in [0.5, 0.6) is 0 Å². The Morgan fingerprint density at radius 1 is 0.891 bits per heavy atom. The maximum atomic E-state index is 10.6. The van der Waals surface area contributed by atoms with Gasteiger partial charge in [0.15, 0.2) is 0 Å². The van der Waals surface area contributed by atoms with Crippen LogP contribution in [0.1, 0.15) is 24.8 Å². The quantitative estimate of drug-likeness (QED) is 0.285. The number of hydrogen-bond acceptors (Lipinski definition) is 8. The van der Waals surface area contributed by atoms with Gasteiger partial charge in [-0.3, -0.25) is 14.6 Å². The van der Waals surface area contributed by atoms with Gasteiger partial charge in [0.2, 0.25) is 0 Å². The lowest BCUT2D eigenvalue weighted by Crippen LogP contribution is -2.41. The summed E-state index contributed by atoms with van der Waals surface area (Å²) in [6.07, 6.45) is -4.03. The van der Waals surface area contributed by atoms with E-state index in [9.17, 15) is 39.5 Å². The van der Waals surface area contributed by atoms with Crippen molar-refractivity contribution in [2.24, 2.45) is 0 Å². The monoisotopic (exact) mass is 684 g/mol. The lowest BCUT2D eigenvalue weighted by molar-refractivity contribution is -0.193. The number of hydrogen-bond donors (Lipinski definition) is 3. The number of pyridine rings is 1. The predicted molar refractivity (Wildman–Crippen MR) is 135 cm³/mol. The van der Waals surface area contributed by atoms with E-state index in [2.05, 4.69) is 27.1 Å². The lowest BCUT2D eigenvalue weighted by Gasteiger charge is -2.32. The second-order valence-corrected chi connectivity index (χ2v) is 9.27. The molecule has 46 heavy (non-hydrogen) atoms. The van der Waals surface area contributed by atoms with Gasteiger partial charge in [-0.05, 0) is 43.0 Å². The lowest BCUT2D eigenvalue weighted by atomic mass is 10.0. The minimum atomic E-state index is -5.08. The van der Waals surface area contributed by atoms with Crippen LogP contribution in [0.15, 0.2) is 43.0 Å². The number of halogens is 9. The summed E-state index contributed by atoms with van der Waals surface area (Å²) in [7, 11) is 0. The van der Waals surface area contributed by atoms with Gasteiger partial charge in [0.1, 0.15) is 6.10 Å². The molecule has 0 amide bonds. The Labute approximate surface area is 254 Å². The molecule has 0 radical (unpaired) electrons. The predicted octanol–water partition coefficient (Wildman–Crippen LogP) is 4.02. The molecular weight excluding hydrogens is 655 g/mol. The molecule has 2 aliphatic heterocycles. The maximum Gasteiger partial charge on any atom is 0.490 e. The Kier molecular flexibility index (Phi) is 15.9. The Balaban J connectivity index is 0.000000413. The fourth-order valence-electron chi connectivity index (χ4n) is 3.95. The van der Waals surface area contributed by atoms with E-state index >= 15 is 0 Å². The molecule has 3 atom stereocenters. The molecule has 4 rings (SSSR count). The molecule has 2 aromatic heterocycles. The van der Waals surface area contributed by atoms with Crippen molar-refractivity contribution in [2.45, 2.75) is 69.1 Å². The molecule has 4 heterocycles. The fourth-order valence-corrected chi connectivity index (χ4v) is 3.95. The standard InChI is InChI=1S/C19H26N4O2.3C2HF3O2/c1-4-17-19(25-12-1)18(24-13-3-11-23-10-2-7-21-23)15-22(17)14-16-5-8-20-9-6-16;3*3-2(4,5)1(6)7/h2,5-10,17-19H,1,3-4,11-15H2;3*(H,6,7)/t17-,18-,19+;;;/m1.../s1. The normalized spacial score (nSPS) is 19.6. The van der Waals surface area contributed by atoms with Gasteiger partial charge in [-0.2, -0.15) is 44.6 Å². The fraction of sp³-hybridized carbons (Fsp3) is 0.560. The Hall–Kier alpha value is -3.98. The Morgan fingerprint density at radius 2 is 1.41 bits per heavy atom. The van der Waals surface area contributed by atoms with Crippen molar-refractivity contribution in [3.8, 4) is 0 Å². The van der Waals surface area contributed by atoms with Crippen molar-refractivity contribution >= 4 is 17.9 Å². The first kappa shape index (κ1) is 40.0. The number of nitrogens with zero attached hydrogens (tertiary/aromatic N) is 4. The van der Waals surface area contributed by atoms with Crippen molar-refractivity contribution in [2.75, 3.05) is 19.8 Å². The summed E-state index contributed by atoms with van der Waals surface area (Å²) in [5.41, 5.74) is 1.30. The first-order valence-electron chi connectivity index (χ1n) is 13.0. The van der Waals surface area contributed by atoms with E-state index in [1.54, 1.807) is 0 Å². The van der Waals surface area contributed by atoms with Crippen molar-refractivity contribution in [1.82, 2.24) is 19.7 Å². The van der Waals surface area contributed by atoms with Crippen LogP contribution in [-0.2, 0) is 36.9 Å². The van der Waals surface area contributed by atoms with E-state index in [4.69, 9.17) is 39.2 Å². The van der Waals surface area contributed by atoms with E-state index in [0.29, 0.717) is 6.04 Å². The van der Waals surface area contributed by atoms with Crippen LogP contribution in [0.25, 0.3) is 0 Å². The first-order chi connectivity index (χ1) is 21.2. The van der Waals surface area contributed by atoms with Crippen molar-refractivity contribution < 1.29 is 78.7 Å². The van der Waals surface area contributed by atoms with Gasteiger partial charge < -0.3 is 24.8 Å². The highest BCUT2D eigenvalue weighted by Crippen LogP contribution is 2.32. The summed E-state index contributed by atoms with van der Waals surface area (Å²) in [5.74, 6) is -8.27. The number of ether oxygens (including phenoxy) is 2. The molecule has 2 aliphatic rings. The van der Waals surface area contributed by atoms with Crippen LogP contribution in [0.3, 0.4) is 0 Å². The van der Waals surface area contributed by atoms with E-state index in [1.807, 2.05) is 35.5 Å². The molecule has 2 aromatic rings. The maximum absolute atomic E-state index is 10.6. The summed E-state index contributed by atoms with van der Waals surface area (Å²) < 4.78 is 109. The van der Waals surface area contributed by atoms with E-state index in [1.165, 1.54) is 12.0 Å². The molecule has 0 saturated carbocycles. The topological polar surface area (TPSA) is 164 Å². The number of carboxylic acid groups (broad SMARTS) is 3. The van der Waals surface area contributed by atoms with E-state index < -0.39 is 36.4 Å². The number of aryl methyl sites for hydroxylation is 1. The number of carbonyl (C=O) groups is 3. The summed E-state index contributed by atoms with van der Waals surface area (Å²) in [5, 5.41) is 25.6. The van der Waals surface area contributed by atoms with E-state index in [-0.39, 0.29) is 12.2 Å². The summed E-state index contributed by atoms with van der Waals surface area (Å²) >= 11 is 0. The molecule has 12 nitrogen and oxygen atoms in total. The number of aromatic nitrogens is 3. The van der Waals surface area contributed by atoms with E-state index in [0.717, 1.165) is 45.7 Å². The molecule has 0 spiro atoms. The van der Waals surface area contributed by atoms with Crippen molar-refractivity contribution in [3.05, 3.63) is 48.5 Å². The molecule has 0 unspecified atom stereocenters. The van der Waals surface area contributed by atoms with Crippen LogP contribution >= 0.6 is 0 Å². The second-order valence-electron chi connectivity index (χ2n) is 9.27. The zero-order valence-electron chi connectivity index (χ0n) is 23.5. The van der Waals surface area contributed by atoms with Crippen LogP contribution in [0, 0.1) is 0 Å². The largest absolute Gasteiger partial charge is 0.490 e. The van der Waals surface area contributed by atoms with Crippen LogP contribution < -0.4 is 0 Å². The summed E-state index contributed by atoms with van der Waals surface area (Å²) in [6.45, 7) is 4.40. The number of fused-ring (bicyclic) bond motifs is 1. The molecular formula is C25H29F9N4O8. The SMILES string of the molecule is O=C(O)C(F)(F)F.O=C(O)C(F)(F)F.O=C(O)C(F)(F)F.c1cnn(CCCO[C@@H]2CN(Cc3ccncc3)[C@@H]3CCCO[C@@H]32)c1. The minimum absolute atomic E-state index is 0.171. The van der Waals surface area contributed by atoms with Crippen molar-refractivity contribution in [3.63, 3.8) is 0 Å². The zero-order chi connectivity index (χ0) is 35.1. The Bertz CT molecular complexity index is 1140. The first-order valence-corrected chi connectivity index (χ1v) is 13.0. The van der Waals surface area contributed by atoms with Crippen LogP contribution in [-0.4, -0.2) is 109 Å². The highest BCUT2D eigenvalue weighted by molar-refractivity contribution is 5.73. The number of aliphatic carboxylic acids is 3. The Morgan fingerprint density at radius 3 is 1.87 bits per heavy atom.